The molecule has 1 aromatic carbocycles. The van der Waals surface area contributed by atoms with E-state index in [1.807, 2.05) is 0 Å². The molecule has 1 rings (SSSR count). The van der Waals surface area contributed by atoms with Crippen molar-refractivity contribution in [3.05, 3.63) is 33.3 Å². The summed E-state index contributed by atoms with van der Waals surface area (Å²) in [7, 11) is 0. The van der Waals surface area contributed by atoms with Gasteiger partial charge >= 0.3 is 5.97 Å². The minimum atomic E-state index is -2.08. The van der Waals surface area contributed by atoms with Crippen molar-refractivity contribution >= 4 is 40.9 Å². The van der Waals surface area contributed by atoms with Gasteiger partial charge in [0.25, 0.3) is 5.69 Å². The summed E-state index contributed by atoms with van der Waals surface area (Å²) in [5, 5.41) is 31.5. The first-order valence-electron chi connectivity index (χ1n) is 5.92. The Morgan fingerprint density at radius 3 is 2.68 bits per heavy atom. The fraction of sp³-hybridized carbons (Fsp3) is 0.333. The van der Waals surface area contributed by atoms with Gasteiger partial charge in [-0.05, 0) is 19.1 Å². The SMILES string of the molecule is CC(O)(CNC(=O)CSc1ccc(Cl)cc1[N+](=O)[O-])C(=O)O. The minimum Gasteiger partial charge on any atom is -0.479 e. The Labute approximate surface area is 134 Å². The maximum atomic E-state index is 11.6. The summed E-state index contributed by atoms with van der Waals surface area (Å²) < 4.78 is 0. The Kier molecular flexibility index (Phi) is 6.15. The van der Waals surface area contributed by atoms with E-state index in [2.05, 4.69) is 5.32 Å². The second kappa shape index (κ2) is 7.43. The van der Waals surface area contributed by atoms with E-state index in [9.17, 15) is 24.8 Å². The molecule has 1 amide bonds. The van der Waals surface area contributed by atoms with Crippen molar-refractivity contribution in [3.63, 3.8) is 0 Å². The summed E-state index contributed by atoms with van der Waals surface area (Å²) in [6, 6.07) is 4.06. The molecule has 0 aromatic heterocycles. The number of amides is 1. The van der Waals surface area contributed by atoms with Crippen molar-refractivity contribution in [2.24, 2.45) is 0 Å². The third-order valence-corrected chi connectivity index (χ3v) is 3.86. The second-order valence-electron chi connectivity index (χ2n) is 4.51. The van der Waals surface area contributed by atoms with Crippen molar-refractivity contribution in [1.82, 2.24) is 5.32 Å². The smallest absolute Gasteiger partial charge is 0.337 e. The molecule has 1 atom stereocenters. The van der Waals surface area contributed by atoms with E-state index in [1.165, 1.54) is 18.2 Å². The number of nitrogens with zero attached hydrogens (tertiary/aromatic N) is 1. The standard InChI is InChI=1S/C12H13ClN2O6S/c1-12(19,11(17)18)6-14-10(16)5-22-9-3-2-7(13)4-8(9)15(20)21/h2-4,19H,5-6H2,1H3,(H,14,16)(H,17,18). The van der Waals surface area contributed by atoms with Crippen molar-refractivity contribution in [2.45, 2.75) is 17.4 Å². The fourth-order valence-electron chi connectivity index (χ4n) is 1.30. The monoisotopic (exact) mass is 348 g/mol. The van der Waals surface area contributed by atoms with Crippen LogP contribution in [0.3, 0.4) is 0 Å². The summed E-state index contributed by atoms with van der Waals surface area (Å²) in [5.41, 5.74) is -2.30. The molecule has 0 saturated carbocycles. The summed E-state index contributed by atoms with van der Waals surface area (Å²) in [4.78, 5) is 32.8. The number of carboxylic acid groups (broad SMARTS) is 1. The van der Waals surface area contributed by atoms with Crippen LogP contribution in [0.5, 0.6) is 0 Å². The Morgan fingerprint density at radius 2 is 2.14 bits per heavy atom. The topological polar surface area (TPSA) is 130 Å². The zero-order valence-corrected chi connectivity index (χ0v) is 13.0. The number of nitrogens with one attached hydrogen (secondary N) is 1. The van der Waals surface area contributed by atoms with Crippen LogP contribution in [-0.4, -0.2) is 44.9 Å². The van der Waals surface area contributed by atoms with Crippen molar-refractivity contribution < 1.29 is 24.7 Å². The molecule has 0 aliphatic carbocycles. The zero-order valence-electron chi connectivity index (χ0n) is 11.4. The van der Waals surface area contributed by atoms with Crippen LogP contribution in [0.25, 0.3) is 0 Å². The number of aliphatic carboxylic acids is 1. The molecule has 0 bridgehead atoms. The molecule has 120 valence electrons. The van der Waals surface area contributed by atoms with Gasteiger partial charge in [0.05, 0.1) is 22.1 Å². The number of nitro benzene ring substituents is 1. The van der Waals surface area contributed by atoms with Gasteiger partial charge in [0, 0.05) is 11.1 Å². The molecule has 0 aliphatic rings. The molecule has 10 heteroatoms. The van der Waals surface area contributed by atoms with Gasteiger partial charge in [-0.2, -0.15) is 0 Å². The number of thioether (sulfide) groups is 1. The van der Waals surface area contributed by atoms with Gasteiger partial charge in [0.2, 0.25) is 5.91 Å². The number of hydrogen-bond acceptors (Lipinski definition) is 6. The highest BCUT2D eigenvalue weighted by atomic mass is 35.5. The van der Waals surface area contributed by atoms with Gasteiger partial charge < -0.3 is 15.5 Å². The third-order valence-electron chi connectivity index (χ3n) is 2.57. The molecule has 22 heavy (non-hydrogen) atoms. The van der Waals surface area contributed by atoms with Crippen molar-refractivity contribution in [2.75, 3.05) is 12.3 Å². The maximum absolute atomic E-state index is 11.6. The van der Waals surface area contributed by atoms with E-state index < -0.39 is 28.9 Å². The normalized spacial score (nSPS) is 13.2. The molecule has 0 heterocycles. The summed E-state index contributed by atoms with van der Waals surface area (Å²) in [6.45, 7) is 0.581. The van der Waals surface area contributed by atoms with Crippen LogP contribution in [0, 0.1) is 10.1 Å². The van der Waals surface area contributed by atoms with E-state index in [4.69, 9.17) is 16.7 Å². The third kappa shape index (κ3) is 5.17. The van der Waals surface area contributed by atoms with E-state index in [0.29, 0.717) is 0 Å². The van der Waals surface area contributed by atoms with Gasteiger partial charge in [-0.1, -0.05) is 11.6 Å². The fourth-order valence-corrected chi connectivity index (χ4v) is 2.30. The number of carbonyl (C=O) groups is 2. The predicted molar refractivity (Wildman–Crippen MR) is 80.1 cm³/mol. The lowest BCUT2D eigenvalue weighted by molar-refractivity contribution is -0.387. The van der Waals surface area contributed by atoms with Crippen LogP contribution in [0.2, 0.25) is 5.02 Å². The highest BCUT2D eigenvalue weighted by molar-refractivity contribution is 8.00. The molecule has 0 spiro atoms. The van der Waals surface area contributed by atoms with Crippen LogP contribution < -0.4 is 5.32 Å². The number of hydrogen-bond donors (Lipinski definition) is 3. The zero-order chi connectivity index (χ0) is 16.9. The van der Waals surface area contributed by atoms with Crippen molar-refractivity contribution in [3.8, 4) is 0 Å². The number of carbonyl (C=O) groups excluding carboxylic acids is 1. The number of benzene rings is 1. The first-order valence-corrected chi connectivity index (χ1v) is 7.29. The van der Waals surface area contributed by atoms with Crippen LogP contribution in [0.4, 0.5) is 5.69 Å². The maximum Gasteiger partial charge on any atom is 0.337 e. The average Bonchev–Trinajstić information content (AvgIpc) is 2.43. The Morgan fingerprint density at radius 1 is 1.50 bits per heavy atom. The quantitative estimate of drug-likeness (QED) is 0.384. The molecular formula is C12H13ClN2O6S. The number of carboxylic acids is 1. The lowest BCUT2D eigenvalue weighted by Crippen LogP contribution is -2.46. The molecule has 0 fully saturated rings. The van der Waals surface area contributed by atoms with E-state index >= 15 is 0 Å². The van der Waals surface area contributed by atoms with Crippen LogP contribution >= 0.6 is 23.4 Å². The van der Waals surface area contributed by atoms with Crippen LogP contribution in [0.15, 0.2) is 23.1 Å². The average molecular weight is 349 g/mol. The highest BCUT2D eigenvalue weighted by Crippen LogP contribution is 2.31. The van der Waals surface area contributed by atoms with E-state index in [-0.39, 0.29) is 21.4 Å². The molecule has 8 nitrogen and oxygen atoms in total. The van der Waals surface area contributed by atoms with E-state index in [0.717, 1.165) is 18.7 Å². The molecule has 0 saturated heterocycles. The lowest BCUT2D eigenvalue weighted by atomic mass is 10.1. The van der Waals surface area contributed by atoms with Gasteiger partial charge in [-0.3, -0.25) is 14.9 Å². The molecule has 1 aromatic rings. The van der Waals surface area contributed by atoms with Gasteiger partial charge in [0.15, 0.2) is 5.60 Å². The predicted octanol–water partition coefficient (Wildman–Crippen LogP) is 1.29. The van der Waals surface area contributed by atoms with Crippen LogP contribution in [0.1, 0.15) is 6.92 Å². The second-order valence-corrected chi connectivity index (χ2v) is 5.97. The van der Waals surface area contributed by atoms with Gasteiger partial charge in [-0.25, -0.2) is 4.79 Å². The van der Waals surface area contributed by atoms with E-state index in [1.54, 1.807) is 0 Å². The Hall–Kier alpha value is -1.84. The molecule has 0 radical (unpaired) electrons. The summed E-state index contributed by atoms with van der Waals surface area (Å²) >= 11 is 6.59. The largest absolute Gasteiger partial charge is 0.479 e. The van der Waals surface area contributed by atoms with Crippen molar-refractivity contribution in [1.29, 1.82) is 0 Å². The van der Waals surface area contributed by atoms with Gasteiger partial charge in [-0.15, -0.1) is 11.8 Å². The number of rotatable bonds is 7. The summed E-state index contributed by atoms with van der Waals surface area (Å²) in [5.74, 6) is -2.19. The summed E-state index contributed by atoms with van der Waals surface area (Å²) in [6.07, 6.45) is 0. The molecule has 3 N–H and O–H groups in total. The number of nitro groups is 1. The molecule has 1 unspecified atom stereocenters. The van der Waals surface area contributed by atoms with Gasteiger partial charge in [0.1, 0.15) is 0 Å². The Balaban J connectivity index is 2.62. The van der Waals surface area contributed by atoms with Crippen LogP contribution in [-0.2, 0) is 9.59 Å². The lowest BCUT2D eigenvalue weighted by Gasteiger charge is -2.18. The minimum absolute atomic E-state index is 0.168. The Bertz CT molecular complexity index is 607. The first-order chi connectivity index (χ1) is 10.1. The number of halogens is 1. The molecular weight excluding hydrogens is 336 g/mol. The molecule has 0 aliphatic heterocycles. The first kappa shape index (κ1) is 18.2. The highest BCUT2D eigenvalue weighted by Gasteiger charge is 2.30. The number of aliphatic hydroxyl groups is 1.